The van der Waals surface area contributed by atoms with E-state index in [0.29, 0.717) is 13.0 Å². The number of hydrogen-bond donors (Lipinski definition) is 2. The molecule has 0 fully saturated rings. The largest absolute Gasteiger partial charge is 0.465 e. The molecule has 0 saturated heterocycles. The zero-order valence-corrected chi connectivity index (χ0v) is 9.70. The SMILES string of the molecule is CCOC(=O)C(CCCCNCl)NCl. The van der Waals surface area contributed by atoms with E-state index in [-0.39, 0.29) is 5.97 Å². The van der Waals surface area contributed by atoms with Gasteiger partial charge < -0.3 is 4.74 Å². The maximum absolute atomic E-state index is 11.2. The predicted molar refractivity (Wildman–Crippen MR) is 57.1 cm³/mol. The monoisotopic (exact) mass is 242 g/mol. The topological polar surface area (TPSA) is 50.4 Å². The minimum absolute atomic E-state index is 0.304. The van der Waals surface area contributed by atoms with E-state index in [9.17, 15) is 4.79 Å². The average Bonchev–Trinajstić information content (AvgIpc) is 2.18. The number of unbranched alkanes of at least 4 members (excludes halogenated alkanes) is 1. The van der Waals surface area contributed by atoms with Gasteiger partial charge in [0, 0.05) is 6.54 Å². The van der Waals surface area contributed by atoms with Gasteiger partial charge >= 0.3 is 5.97 Å². The minimum atomic E-state index is -0.424. The zero-order valence-electron chi connectivity index (χ0n) is 8.19. The Kier molecular flexibility index (Phi) is 9.50. The van der Waals surface area contributed by atoms with Gasteiger partial charge in [0.1, 0.15) is 6.04 Å². The maximum Gasteiger partial charge on any atom is 0.324 e. The van der Waals surface area contributed by atoms with E-state index in [1.54, 1.807) is 6.92 Å². The molecule has 0 aromatic heterocycles. The molecule has 0 aromatic rings. The fourth-order valence-electron chi connectivity index (χ4n) is 1.00. The molecule has 6 heteroatoms. The summed E-state index contributed by atoms with van der Waals surface area (Å²) in [5, 5.41) is 0. The summed E-state index contributed by atoms with van der Waals surface area (Å²) in [5.74, 6) is -0.304. The van der Waals surface area contributed by atoms with Gasteiger partial charge in [0.05, 0.1) is 6.61 Å². The van der Waals surface area contributed by atoms with Gasteiger partial charge in [0.15, 0.2) is 0 Å². The van der Waals surface area contributed by atoms with Crippen LogP contribution in [0.1, 0.15) is 26.2 Å². The van der Waals surface area contributed by atoms with Crippen molar-refractivity contribution in [3.63, 3.8) is 0 Å². The van der Waals surface area contributed by atoms with Gasteiger partial charge in [-0.05, 0) is 49.7 Å². The Morgan fingerprint density at radius 2 is 2.14 bits per heavy atom. The highest BCUT2D eigenvalue weighted by atomic mass is 35.5. The van der Waals surface area contributed by atoms with Gasteiger partial charge in [0.2, 0.25) is 0 Å². The standard InChI is InChI=1S/C8H16Cl2N2O2/c1-2-14-8(13)7(12-10)5-3-4-6-11-9/h7,11-12H,2-6H2,1H3. The second-order valence-corrected chi connectivity index (χ2v) is 3.28. The van der Waals surface area contributed by atoms with Crippen LogP contribution in [0.15, 0.2) is 0 Å². The van der Waals surface area contributed by atoms with Crippen LogP contribution in [0.3, 0.4) is 0 Å². The summed E-state index contributed by atoms with van der Waals surface area (Å²) in [5.41, 5.74) is 0. The van der Waals surface area contributed by atoms with Crippen LogP contribution in [0.25, 0.3) is 0 Å². The van der Waals surface area contributed by atoms with Gasteiger partial charge in [-0.2, -0.15) is 0 Å². The lowest BCUT2D eigenvalue weighted by Crippen LogP contribution is -2.32. The van der Waals surface area contributed by atoms with Crippen molar-refractivity contribution >= 4 is 29.5 Å². The summed E-state index contributed by atoms with van der Waals surface area (Å²) in [4.78, 5) is 16.2. The third kappa shape index (κ3) is 6.43. The maximum atomic E-state index is 11.2. The summed E-state index contributed by atoms with van der Waals surface area (Å²) in [6.45, 7) is 2.86. The van der Waals surface area contributed by atoms with Gasteiger partial charge in [-0.3, -0.25) is 4.79 Å². The lowest BCUT2D eigenvalue weighted by molar-refractivity contribution is -0.145. The third-order valence-electron chi connectivity index (χ3n) is 1.72. The molecule has 0 aromatic carbocycles. The second-order valence-electron chi connectivity index (χ2n) is 2.79. The summed E-state index contributed by atoms with van der Waals surface area (Å²) >= 11 is 10.7. The van der Waals surface area contributed by atoms with Crippen molar-refractivity contribution in [1.82, 2.24) is 9.67 Å². The van der Waals surface area contributed by atoms with Crippen molar-refractivity contribution in [3.8, 4) is 0 Å². The average molecular weight is 243 g/mol. The molecule has 4 nitrogen and oxygen atoms in total. The Labute approximate surface area is 94.5 Å². The molecule has 1 unspecified atom stereocenters. The van der Waals surface area contributed by atoms with Crippen molar-refractivity contribution < 1.29 is 9.53 Å². The molecule has 2 N–H and O–H groups in total. The predicted octanol–water partition coefficient (Wildman–Crippen LogP) is 1.58. The van der Waals surface area contributed by atoms with Crippen molar-refractivity contribution in [2.45, 2.75) is 32.2 Å². The van der Waals surface area contributed by atoms with Crippen molar-refractivity contribution in [3.05, 3.63) is 0 Å². The second kappa shape index (κ2) is 9.52. The van der Waals surface area contributed by atoms with Crippen LogP contribution in [-0.2, 0) is 9.53 Å². The Morgan fingerprint density at radius 1 is 1.43 bits per heavy atom. The van der Waals surface area contributed by atoms with Crippen LogP contribution in [0, 0.1) is 0 Å². The van der Waals surface area contributed by atoms with Gasteiger partial charge in [-0.1, -0.05) is 0 Å². The molecular weight excluding hydrogens is 227 g/mol. The molecule has 1 atom stereocenters. The van der Waals surface area contributed by atoms with Crippen LogP contribution < -0.4 is 9.67 Å². The van der Waals surface area contributed by atoms with E-state index in [4.69, 9.17) is 28.3 Å². The van der Waals surface area contributed by atoms with Crippen LogP contribution >= 0.6 is 23.6 Å². The van der Waals surface area contributed by atoms with Crippen molar-refractivity contribution in [2.24, 2.45) is 0 Å². The summed E-state index contributed by atoms with van der Waals surface area (Å²) < 4.78 is 4.82. The number of rotatable bonds is 8. The van der Waals surface area contributed by atoms with Crippen LogP contribution in [-0.4, -0.2) is 25.2 Å². The lowest BCUT2D eigenvalue weighted by Gasteiger charge is -2.12. The van der Waals surface area contributed by atoms with E-state index in [1.165, 1.54) is 0 Å². The van der Waals surface area contributed by atoms with E-state index >= 15 is 0 Å². The van der Waals surface area contributed by atoms with Crippen LogP contribution in [0.5, 0.6) is 0 Å². The molecule has 0 rings (SSSR count). The van der Waals surface area contributed by atoms with Crippen LogP contribution in [0.2, 0.25) is 0 Å². The van der Waals surface area contributed by atoms with Gasteiger partial charge in [-0.15, -0.1) is 0 Å². The Bertz CT molecular complexity index is 158. The number of hydrogen-bond acceptors (Lipinski definition) is 4. The molecule has 0 spiro atoms. The lowest BCUT2D eigenvalue weighted by atomic mass is 10.1. The van der Waals surface area contributed by atoms with E-state index in [2.05, 4.69) is 9.67 Å². The van der Waals surface area contributed by atoms with E-state index in [1.807, 2.05) is 0 Å². The quantitative estimate of drug-likeness (QED) is 0.386. The van der Waals surface area contributed by atoms with E-state index in [0.717, 1.165) is 19.4 Å². The smallest absolute Gasteiger partial charge is 0.324 e. The van der Waals surface area contributed by atoms with Crippen LogP contribution in [0.4, 0.5) is 0 Å². The summed E-state index contributed by atoms with van der Waals surface area (Å²) in [7, 11) is 0. The highest BCUT2D eigenvalue weighted by Gasteiger charge is 2.17. The first kappa shape index (κ1) is 14.0. The number of halogens is 2. The molecule has 84 valence electrons. The molecule has 14 heavy (non-hydrogen) atoms. The number of carbonyl (C=O) groups is 1. The highest BCUT2D eigenvalue weighted by Crippen LogP contribution is 2.03. The molecule has 0 amide bonds. The first-order chi connectivity index (χ1) is 6.76. The number of ether oxygens (including phenoxy) is 1. The van der Waals surface area contributed by atoms with Gasteiger partial charge in [-0.25, -0.2) is 9.67 Å². The normalized spacial score (nSPS) is 12.5. The van der Waals surface area contributed by atoms with Crippen molar-refractivity contribution in [2.75, 3.05) is 13.2 Å². The fraction of sp³-hybridized carbons (Fsp3) is 0.875. The minimum Gasteiger partial charge on any atom is -0.465 e. The molecule has 0 bridgehead atoms. The Morgan fingerprint density at radius 3 is 2.64 bits per heavy atom. The number of esters is 1. The van der Waals surface area contributed by atoms with E-state index < -0.39 is 6.04 Å². The summed E-state index contributed by atoms with van der Waals surface area (Å²) in [6.07, 6.45) is 2.42. The summed E-state index contributed by atoms with van der Waals surface area (Å²) in [6, 6.07) is -0.424. The van der Waals surface area contributed by atoms with Crippen molar-refractivity contribution in [1.29, 1.82) is 0 Å². The molecule has 0 heterocycles. The first-order valence-corrected chi connectivity index (χ1v) is 5.38. The first-order valence-electron chi connectivity index (χ1n) is 4.62. The highest BCUT2D eigenvalue weighted by molar-refractivity contribution is 6.14. The molecule has 0 radical (unpaired) electrons. The molecular formula is C8H16Cl2N2O2. The number of carbonyl (C=O) groups excluding carboxylic acids is 1. The number of nitrogens with one attached hydrogen (secondary N) is 2. The molecule has 0 aliphatic heterocycles. The Hall–Kier alpha value is -0.0300. The zero-order chi connectivity index (χ0) is 10.8. The van der Waals surface area contributed by atoms with Gasteiger partial charge in [0.25, 0.3) is 0 Å². The Balaban J connectivity index is 3.62. The molecule has 0 aliphatic rings. The fourth-order valence-corrected chi connectivity index (χ4v) is 1.33. The molecule has 0 aliphatic carbocycles. The third-order valence-corrected chi connectivity index (χ3v) is 2.17. The molecule has 0 saturated carbocycles.